The van der Waals surface area contributed by atoms with E-state index in [0.717, 1.165) is 0 Å². The molecule has 0 amide bonds. The Bertz CT molecular complexity index is 911. The van der Waals surface area contributed by atoms with Crippen molar-refractivity contribution in [3.05, 3.63) is 60.2 Å². The number of pyridine rings is 2. The van der Waals surface area contributed by atoms with Gasteiger partial charge in [-0.15, -0.1) is 0 Å². The number of aromatic nitrogens is 2. The SMILES string of the molecule is CCOC(=O)[C@H]1[C@@H](c2ccccn2)N[C@@H](c2ccccn2)[C@H](C(=O)OCC)S1(=O)=O. The predicted molar refractivity (Wildman–Crippen MR) is 107 cm³/mol. The fourth-order valence-electron chi connectivity index (χ4n) is 3.50. The molecule has 2 aromatic heterocycles. The zero-order valence-electron chi connectivity index (χ0n) is 16.6. The summed E-state index contributed by atoms with van der Waals surface area (Å²) in [6.07, 6.45) is 3.00. The molecule has 1 saturated heterocycles. The summed E-state index contributed by atoms with van der Waals surface area (Å²) in [4.78, 5) is 33.9. The van der Waals surface area contributed by atoms with Gasteiger partial charge in [-0.05, 0) is 38.1 Å². The van der Waals surface area contributed by atoms with E-state index in [2.05, 4.69) is 15.3 Å². The summed E-state index contributed by atoms with van der Waals surface area (Å²) in [7, 11) is -4.39. The number of hydrogen-bond donors (Lipinski definition) is 1. The number of esters is 2. The Morgan fingerprint density at radius 2 is 1.30 bits per heavy atom. The first-order chi connectivity index (χ1) is 14.4. The quantitative estimate of drug-likeness (QED) is 0.668. The minimum Gasteiger partial charge on any atom is -0.465 e. The van der Waals surface area contributed by atoms with E-state index in [-0.39, 0.29) is 13.2 Å². The van der Waals surface area contributed by atoms with Crippen LogP contribution in [0.5, 0.6) is 0 Å². The van der Waals surface area contributed by atoms with Crippen LogP contribution in [0.4, 0.5) is 0 Å². The number of hydrogen-bond acceptors (Lipinski definition) is 9. The van der Waals surface area contributed by atoms with Gasteiger partial charge in [0.2, 0.25) is 0 Å². The van der Waals surface area contributed by atoms with Crippen LogP contribution in [-0.2, 0) is 28.9 Å². The monoisotopic (exact) mass is 433 g/mol. The number of ether oxygens (including phenoxy) is 2. The lowest BCUT2D eigenvalue weighted by molar-refractivity contribution is -0.144. The molecule has 3 heterocycles. The molecule has 10 heteroatoms. The lowest BCUT2D eigenvalue weighted by Gasteiger charge is -2.39. The maximum Gasteiger partial charge on any atom is 0.326 e. The Morgan fingerprint density at radius 1 is 0.867 bits per heavy atom. The number of carbonyl (C=O) groups excluding carboxylic acids is 2. The summed E-state index contributed by atoms with van der Waals surface area (Å²) in [5, 5.41) is -0.216. The Hall–Kier alpha value is -2.85. The van der Waals surface area contributed by atoms with Crippen LogP contribution in [-0.4, -0.2) is 54.0 Å². The van der Waals surface area contributed by atoms with Crippen LogP contribution in [0.15, 0.2) is 48.8 Å². The van der Waals surface area contributed by atoms with E-state index in [9.17, 15) is 18.0 Å². The summed E-state index contributed by atoms with van der Waals surface area (Å²) < 4.78 is 37.3. The third-order valence-electron chi connectivity index (χ3n) is 4.72. The minimum atomic E-state index is -4.39. The van der Waals surface area contributed by atoms with Crippen molar-refractivity contribution in [2.45, 2.75) is 36.4 Å². The molecule has 1 aliphatic heterocycles. The third-order valence-corrected chi connectivity index (χ3v) is 7.07. The van der Waals surface area contributed by atoms with Gasteiger partial charge in [-0.25, -0.2) is 8.42 Å². The first kappa shape index (κ1) is 21.8. The highest BCUT2D eigenvalue weighted by molar-refractivity contribution is 7.94. The van der Waals surface area contributed by atoms with Gasteiger partial charge in [0.25, 0.3) is 0 Å². The van der Waals surface area contributed by atoms with Crippen LogP contribution in [0, 0.1) is 0 Å². The van der Waals surface area contributed by atoms with E-state index < -0.39 is 44.4 Å². The van der Waals surface area contributed by atoms with Crippen molar-refractivity contribution in [2.24, 2.45) is 0 Å². The average Bonchev–Trinajstić information content (AvgIpc) is 2.73. The average molecular weight is 433 g/mol. The molecule has 1 N–H and O–H groups in total. The maximum absolute atomic E-state index is 13.6. The van der Waals surface area contributed by atoms with E-state index in [1.165, 1.54) is 12.4 Å². The molecule has 30 heavy (non-hydrogen) atoms. The second-order valence-corrected chi connectivity index (χ2v) is 8.76. The Kier molecular flexibility index (Phi) is 6.78. The van der Waals surface area contributed by atoms with Gasteiger partial charge in [-0.2, -0.15) is 0 Å². The smallest absolute Gasteiger partial charge is 0.326 e. The zero-order valence-corrected chi connectivity index (χ0v) is 17.4. The third kappa shape index (κ3) is 4.19. The molecule has 160 valence electrons. The topological polar surface area (TPSA) is 125 Å². The standard InChI is InChI=1S/C20H23N3O6S/c1-3-28-19(24)17-15(13-9-5-7-11-21-13)23-16(14-10-6-8-12-22-14)18(30(17,26)27)20(25)29-4-2/h5-12,15-18,23H,3-4H2,1-2H3/t15-,16+,17-,18-/m1/s1. The molecule has 0 radical (unpaired) electrons. The van der Waals surface area contributed by atoms with Crippen LogP contribution < -0.4 is 5.32 Å². The van der Waals surface area contributed by atoms with E-state index in [0.29, 0.717) is 11.4 Å². The fraction of sp³-hybridized carbons (Fsp3) is 0.400. The molecule has 9 nitrogen and oxygen atoms in total. The first-order valence-electron chi connectivity index (χ1n) is 9.55. The molecule has 0 aliphatic carbocycles. The van der Waals surface area contributed by atoms with Gasteiger partial charge in [0.05, 0.1) is 36.7 Å². The van der Waals surface area contributed by atoms with E-state index >= 15 is 0 Å². The number of carbonyl (C=O) groups is 2. The lowest BCUT2D eigenvalue weighted by atomic mass is 10.0. The van der Waals surface area contributed by atoms with Gasteiger partial charge >= 0.3 is 11.9 Å². The van der Waals surface area contributed by atoms with Crippen LogP contribution in [0.2, 0.25) is 0 Å². The molecule has 1 aliphatic rings. The second kappa shape index (κ2) is 9.31. The van der Waals surface area contributed by atoms with Crippen molar-refractivity contribution < 1.29 is 27.5 Å². The minimum absolute atomic E-state index is 0.00641. The molecule has 0 aromatic carbocycles. The van der Waals surface area contributed by atoms with Crippen molar-refractivity contribution in [2.75, 3.05) is 13.2 Å². The second-order valence-electron chi connectivity index (χ2n) is 6.57. The number of nitrogens with one attached hydrogen (secondary N) is 1. The van der Waals surface area contributed by atoms with Gasteiger partial charge in [0, 0.05) is 12.4 Å². The van der Waals surface area contributed by atoms with Crippen molar-refractivity contribution in [1.29, 1.82) is 0 Å². The number of rotatable bonds is 6. The Balaban J connectivity index is 2.17. The highest BCUT2D eigenvalue weighted by atomic mass is 32.2. The molecule has 0 saturated carbocycles. The summed E-state index contributed by atoms with van der Waals surface area (Å²) in [6, 6.07) is 7.88. The fourth-order valence-corrected chi connectivity index (χ4v) is 5.68. The summed E-state index contributed by atoms with van der Waals surface area (Å²) >= 11 is 0. The highest BCUT2D eigenvalue weighted by Crippen LogP contribution is 2.38. The van der Waals surface area contributed by atoms with Gasteiger partial charge in [0.15, 0.2) is 20.3 Å². The van der Waals surface area contributed by atoms with Crippen LogP contribution >= 0.6 is 0 Å². The highest BCUT2D eigenvalue weighted by Gasteiger charge is 2.57. The van der Waals surface area contributed by atoms with E-state index in [4.69, 9.17) is 9.47 Å². The van der Waals surface area contributed by atoms with Gasteiger partial charge in [0.1, 0.15) is 0 Å². The number of sulfone groups is 1. The van der Waals surface area contributed by atoms with Crippen molar-refractivity contribution in [3.8, 4) is 0 Å². The maximum atomic E-state index is 13.6. The molecule has 2 aromatic rings. The van der Waals surface area contributed by atoms with Crippen molar-refractivity contribution >= 4 is 21.8 Å². The molecule has 0 unspecified atom stereocenters. The summed E-state index contributed by atoms with van der Waals surface area (Å²) in [6.45, 7) is 3.15. The molecule has 1 fully saturated rings. The molecule has 0 bridgehead atoms. The molecular formula is C20H23N3O6S. The van der Waals surface area contributed by atoms with Gasteiger partial charge < -0.3 is 9.47 Å². The van der Waals surface area contributed by atoms with E-state index in [1.54, 1.807) is 50.2 Å². The molecule has 4 atom stereocenters. The van der Waals surface area contributed by atoms with Crippen LogP contribution in [0.3, 0.4) is 0 Å². The summed E-state index contributed by atoms with van der Waals surface area (Å²) in [5.41, 5.74) is 0.671. The van der Waals surface area contributed by atoms with Gasteiger partial charge in [-0.3, -0.25) is 24.9 Å². The Morgan fingerprint density at radius 3 is 1.63 bits per heavy atom. The molecule has 3 rings (SSSR count). The lowest BCUT2D eigenvalue weighted by Crippen LogP contribution is -2.59. The molecular weight excluding hydrogens is 410 g/mol. The van der Waals surface area contributed by atoms with Crippen molar-refractivity contribution in [1.82, 2.24) is 15.3 Å². The molecule has 0 spiro atoms. The first-order valence-corrected chi connectivity index (χ1v) is 11.2. The largest absolute Gasteiger partial charge is 0.465 e. The van der Waals surface area contributed by atoms with Crippen LogP contribution in [0.25, 0.3) is 0 Å². The summed E-state index contributed by atoms with van der Waals surface area (Å²) in [5.74, 6) is -1.90. The predicted octanol–water partition coefficient (Wildman–Crippen LogP) is 1.14. The zero-order chi connectivity index (χ0) is 21.7. The van der Waals surface area contributed by atoms with Crippen LogP contribution in [0.1, 0.15) is 37.3 Å². The number of nitrogens with zero attached hydrogens (tertiary/aromatic N) is 2. The Labute approximate surface area is 174 Å². The van der Waals surface area contributed by atoms with E-state index in [1.807, 2.05) is 0 Å². The van der Waals surface area contributed by atoms with Gasteiger partial charge in [-0.1, -0.05) is 12.1 Å². The normalized spacial score (nSPS) is 25.3. The van der Waals surface area contributed by atoms with Crippen molar-refractivity contribution in [3.63, 3.8) is 0 Å².